The lowest BCUT2D eigenvalue weighted by molar-refractivity contribution is 0.794. The predicted molar refractivity (Wildman–Crippen MR) is 190 cm³/mol. The molecule has 2 aliphatic carbocycles. The van der Waals surface area contributed by atoms with Crippen LogP contribution in [-0.2, 0) is 5.41 Å². The molecule has 0 N–H and O–H groups in total. The molecule has 0 amide bonds. The third-order valence-electron chi connectivity index (χ3n) is 9.95. The summed E-state index contributed by atoms with van der Waals surface area (Å²) < 4.78 is 0. The molecule has 218 valence electrons. The van der Waals surface area contributed by atoms with Crippen LogP contribution in [0.1, 0.15) is 22.3 Å². The summed E-state index contributed by atoms with van der Waals surface area (Å²) in [5, 5.41) is 2.27. The van der Waals surface area contributed by atoms with Gasteiger partial charge in [-0.15, -0.1) is 0 Å². The number of nitrogens with zero attached hydrogens (tertiary/aromatic N) is 3. The zero-order chi connectivity index (χ0) is 31.0. The van der Waals surface area contributed by atoms with E-state index < -0.39 is 5.41 Å². The Labute approximate surface area is 272 Å². The normalized spacial score (nSPS) is 13.3. The summed E-state index contributed by atoms with van der Waals surface area (Å²) in [5.74, 6) is 2.00. The number of aromatic nitrogens is 3. The van der Waals surface area contributed by atoms with Gasteiger partial charge in [0.2, 0.25) is 0 Å². The fraction of sp³-hybridized carbons (Fsp3) is 0.0227. The molecule has 47 heavy (non-hydrogen) atoms. The van der Waals surface area contributed by atoms with Crippen LogP contribution >= 0.6 is 0 Å². The molecule has 0 unspecified atom stereocenters. The van der Waals surface area contributed by atoms with Gasteiger partial charge in [0.05, 0.1) is 5.41 Å². The molecule has 0 aliphatic heterocycles. The Morgan fingerprint density at radius 3 is 1.47 bits per heavy atom. The summed E-state index contributed by atoms with van der Waals surface area (Å²) in [5.41, 5.74) is 12.6. The smallest absolute Gasteiger partial charge is 0.164 e. The first kappa shape index (κ1) is 26.1. The van der Waals surface area contributed by atoms with Gasteiger partial charge in [-0.2, -0.15) is 0 Å². The van der Waals surface area contributed by atoms with Gasteiger partial charge in [0.1, 0.15) is 0 Å². The van der Waals surface area contributed by atoms with Gasteiger partial charge in [-0.05, 0) is 55.3 Å². The van der Waals surface area contributed by atoms with Crippen molar-refractivity contribution in [1.82, 2.24) is 15.0 Å². The van der Waals surface area contributed by atoms with Gasteiger partial charge in [0.15, 0.2) is 17.5 Å². The summed E-state index contributed by atoms with van der Waals surface area (Å²) >= 11 is 0. The summed E-state index contributed by atoms with van der Waals surface area (Å²) in [6.45, 7) is 0. The SMILES string of the molecule is c1ccc(-c2nc(-c3cccc4c3C3(c5ccccc5-c5ccccc53)c3ccccc3-4)nc(-c3cccc4ccccc34)n2)cc1. The fourth-order valence-corrected chi connectivity index (χ4v) is 8.09. The molecule has 2 aliphatic rings. The van der Waals surface area contributed by atoms with Crippen molar-refractivity contribution in [2.45, 2.75) is 5.41 Å². The molecule has 1 aromatic heterocycles. The molecule has 10 rings (SSSR count). The summed E-state index contributed by atoms with van der Waals surface area (Å²) in [4.78, 5) is 15.7. The van der Waals surface area contributed by atoms with Crippen LogP contribution in [-0.4, -0.2) is 15.0 Å². The number of fused-ring (bicyclic) bond motifs is 11. The van der Waals surface area contributed by atoms with Gasteiger partial charge >= 0.3 is 0 Å². The maximum absolute atomic E-state index is 5.33. The molecular weight excluding hydrogens is 571 g/mol. The van der Waals surface area contributed by atoms with E-state index in [0.29, 0.717) is 17.5 Å². The van der Waals surface area contributed by atoms with Crippen molar-refractivity contribution < 1.29 is 0 Å². The Hall–Kier alpha value is -6.19. The van der Waals surface area contributed by atoms with E-state index in [9.17, 15) is 0 Å². The average Bonchev–Trinajstić information content (AvgIpc) is 3.62. The van der Waals surface area contributed by atoms with Crippen LogP contribution in [0.2, 0.25) is 0 Å². The summed E-state index contributed by atoms with van der Waals surface area (Å²) in [6.07, 6.45) is 0. The maximum Gasteiger partial charge on any atom is 0.164 e. The lowest BCUT2D eigenvalue weighted by Crippen LogP contribution is -2.26. The second kappa shape index (κ2) is 9.90. The topological polar surface area (TPSA) is 38.7 Å². The highest BCUT2D eigenvalue weighted by Gasteiger charge is 2.52. The summed E-state index contributed by atoms with van der Waals surface area (Å²) in [6, 6.07) is 58.3. The number of hydrogen-bond acceptors (Lipinski definition) is 3. The van der Waals surface area contributed by atoms with E-state index in [2.05, 4.69) is 146 Å². The number of rotatable bonds is 3. The average molecular weight is 598 g/mol. The minimum atomic E-state index is -0.505. The Bertz CT molecular complexity index is 2460. The van der Waals surface area contributed by atoms with Gasteiger partial charge in [0, 0.05) is 16.7 Å². The monoisotopic (exact) mass is 597 g/mol. The first-order chi connectivity index (χ1) is 23.3. The van der Waals surface area contributed by atoms with Crippen molar-refractivity contribution in [3.8, 4) is 56.4 Å². The number of hydrogen-bond donors (Lipinski definition) is 0. The third-order valence-corrected chi connectivity index (χ3v) is 9.95. The van der Waals surface area contributed by atoms with Crippen LogP contribution < -0.4 is 0 Å². The molecule has 3 nitrogen and oxygen atoms in total. The Morgan fingerprint density at radius 2 is 0.766 bits per heavy atom. The van der Waals surface area contributed by atoms with Crippen LogP contribution in [0.5, 0.6) is 0 Å². The van der Waals surface area contributed by atoms with Gasteiger partial charge in [-0.1, -0.05) is 164 Å². The molecule has 3 heteroatoms. The molecule has 0 fully saturated rings. The molecule has 8 aromatic rings. The van der Waals surface area contributed by atoms with Crippen molar-refractivity contribution in [1.29, 1.82) is 0 Å². The zero-order valence-electron chi connectivity index (χ0n) is 25.4. The minimum Gasteiger partial charge on any atom is -0.208 e. The van der Waals surface area contributed by atoms with Gasteiger partial charge in [0.25, 0.3) is 0 Å². The highest BCUT2D eigenvalue weighted by atomic mass is 15.0. The molecule has 7 aromatic carbocycles. The molecule has 0 atom stereocenters. The van der Waals surface area contributed by atoms with E-state index >= 15 is 0 Å². The van der Waals surface area contributed by atoms with Crippen LogP contribution in [0.25, 0.3) is 67.2 Å². The predicted octanol–water partition coefficient (Wildman–Crippen LogP) is 10.4. The highest BCUT2D eigenvalue weighted by molar-refractivity contribution is 5.99. The second-order valence-electron chi connectivity index (χ2n) is 12.3. The standard InChI is InChI=1S/C44H27N3/c1-2-15-29(16-3-1)41-45-42(35-23-12-17-28-14-4-5-18-30(28)35)47-43(46-41)36-24-13-22-34-33-21-8-11-27-39(33)44(40(34)36)37-25-9-6-19-31(37)32-20-7-10-26-38(32)44/h1-27H. The lowest BCUT2D eigenvalue weighted by Gasteiger charge is -2.31. The molecule has 0 radical (unpaired) electrons. The Morgan fingerprint density at radius 1 is 0.319 bits per heavy atom. The van der Waals surface area contributed by atoms with Crippen LogP contribution in [0.4, 0.5) is 0 Å². The first-order valence-electron chi connectivity index (χ1n) is 16.0. The zero-order valence-corrected chi connectivity index (χ0v) is 25.4. The van der Waals surface area contributed by atoms with Crippen molar-refractivity contribution in [2.75, 3.05) is 0 Å². The van der Waals surface area contributed by atoms with E-state index in [1.54, 1.807) is 0 Å². The maximum atomic E-state index is 5.33. The Kier molecular flexibility index (Phi) is 5.49. The molecule has 0 bridgehead atoms. The van der Waals surface area contributed by atoms with Gasteiger partial charge < -0.3 is 0 Å². The minimum absolute atomic E-state index is 0.505. The first-order valence-corrected chi connectivity index (χ1v) is 16.0. The molecule has 1 heterocycles. The molecule has 0 saturated carbocycles. The quantitative estimate of drug-likeness (QED) is 0.203. The third kappa shape index (κ3) is 3.60. The molecule has 1 spiro atoms. The number of benzene rings is 7. The van der Waals surface area contributed by atoms with Crippen LogP contribution in [0, 0.1) is 0 Å². The lowest BCUT2D eigenvalue weighted by atomic mass is 9.69. The van der Waals surface area contributed by atoms with Crippen LogP contribution in [0.15, 0.2) is 164 Å². The largest absolute Gasteiger partial charge is 0.208 e. The van der Waals surface area contributed by atoms with Gasteiger partial charge in [-0.3, -0.25) is 0 Å². The molecule has 0 saturated heterocycles. The van der Waals surface area contributed by atoms with Crippen molar-refractivity contribution in [2.24, 2.45) is 0 Å². The molecular formula is C44H27N3. The van der Waals surface area contributed by atoms with E-state index in [1.807, 2.05) is 18.2 Å². The highest BCUT2D eigenvalue weighted by Crippen LogP contribution is 2.64. The summed E-state index contributed by atoms with van der Waals surface area (Å²) in [7, 11) is 0. The van der Waals surface area contributed by atoms with Crippen LogP contribution in [0.3, 0.4) is 0 Å². The van der Waals surface area contributed by atoms with Crippen molar-refractivity contribution in [3.63, 3.8) is 0 Å². The van der Waals surface area contributed by atoms with E-state index in [-0.39, 0.29) is 0 Å². The van der Waals surface area contributed by atoms with E-state index in [1.165, 1.54) is 44.5 Å². The van der Waals surface area contributed by atoms with E-state index in [4.69, 9.17) is 15.0 Å². The van der Waals surface area contributed by atoms with Gasteiger partial charge in [-0.25, -0.2) is 15.0 Å². The Balaban J connectivity index is 1.32. The van der Waals surface area contributed by atoms with Crippen molar-refractivity contribution >= 4 is 10.8 Å². The fourth-order valence-electron chi connectivity index (χ4n) is 8.09. The van der Waals surface area contributed by atoms with E-state index in [0.717, 1.165) is 27.5 Å². The van der Waals surface area contributed by atoms with Crippen molar-refractivity contribution in [3.05, 3.63) is 186 Å². The second-order valence-corrected chi connectivity index (χ2v) is 12.3.